The summed E-state index contributed by atoms with van der Waals surface area (Å²) in [6, 6.07) is 21.8. The standard InChI is InChI=1S/C47H48ClFN6O6S/c1-27-42(43-38(48)17-15-36-37(16-18-41(57)60-5)45(47(58)61-6)52(2)44(36)43)46-39(8-7-19-55(46)50-27)54(24-28-9-12-33(59-4)13-10-28)25-31-22-32(53(3)51-31)26-62-34-21-29-20-30(49)11-14-35(29)40(56)23-34/h9-15,17,20-23,39,56H,7-8,16,18-19,24-26H2,1-6H3/t39-/m1/s1. The Morgan fingerprint density at radius 3 is 2.47 bits per heavy atom. The number of aryl methyl sites for hydroxylation is 5. The number of methoxy groups -OCH3 is 3. The third kappa shape index (κ3) is 8.26. The number of nitrogens with zero attached hydrogens (tertiary/aromatic N) is 6. The Labute approximate surface area is 368 Å². The molecule has 0 radical (unpaired) electrons. The smallest absolute Gasteiger partial charge is 0.354 e. The summed E-state index contributed by atoms with van der Waals surface area (Å²) in [6.07, 6.45) is 2.10. The number of carbonyl (C=O) groups is 2. The van der Waals surface area contributed by atoms with Crippen molar-refractivity contribution in [3.8, 4) is 22.6 Å². The molecule has 8 rings (SSSR count). The van der Waals surface area contributed by atoms with Crippen molar-refractivity contribution in [2.24, 2.45) is 14.1 Å². The van der Waals surface area contributed by atoms with E-state index in [-0.39, 0.29) is 36.4 Å². The normalized spacial score (nSPS) is 13.9. The molecule has 1 aliphatic rings. The van der Waals surface area contributed by atoms with E-state index in [1.807, 2.05) is 60.6 Å². The molecule has 1 atom stereocenters. The summed E-state index contributed by atoms with van der Waals surface area (Å²) in [5, 5.41) is 23.4. The number of ether oxygens (including phenoxy) is 3. The minimum absolute atomic E-state index is 0.0876. The number of hydrogen-bond acceptors (Lipinski definition) is 10. The van der Waals surface area contributed by atoms with Crippen molar-refractivity contribution in [1.82, 2.24) is 29.0 Å². The predicted octanol–water partition coefficient (Wildman–Crippen LogP) is 9.47. The number of carbonyl (C=O) groups excluding carboxylic acids is 2. The number of thioether (sulfide) groups is 1. The zero-order valence-electron chi connectivity index (χ0n) is 35.5. The highest BCUT2D eigenvalue weighted by molar-refractivity contribution is 7.98. The summed E-state index contributed by atoms with van der Waals surface area (Å²) in [5.74, 6) is 0.215. The van der Waals surface area contributed by atoms with Gasteiger partial charge in [0, 0.05) is 78.4 Å². The van der Waals surface area contributed by atoms with Crippen molar-refractivity contribution in [2.45, 2.75) is 68.9 Å². The molecule has 0 bridgehead atoms. The summed E-state index contributed by atoms with van der Waals surface area (Å²) >= 11 is 8.80. The first-order valence-corrected chi connectivity index (χ1v) is 21.7. The van der Waals surface area contributed by atoms with E-state index in [9.17, 15) is 19.1 Å². The van der Waals surface area contributed by atoms with E-state index in [0.29, 0.717) is 45.9 Å². The lowest BCUT2D eigenvalue weighted by atomic mass is 9.92. The minimum atomic E-state index is -0.512. The number of aromatic nitrogens is 5. The molecule has 4 aromatic carbocycles. The highest BCUT2D eigenvalue weighted by atomic mass is 35.5. The van der Waals surface area contributed by atoms with Gasteiger partial charge >= 0.3 is 11.9 Å². The molecular weight excluding hydrogens is 831 g/mol. The first-order chi connectivity index (χ1) is 29.9. The fourth-order valence-electron chi connectivity index (χ4n) is 8.89. The van der Waals surface area contributed by atoms with Gasteiger partial charge in [0.05, 0.1) is 55.0 Å². The van der Waals surface area contributed by atoms with E-state index in [4.69, 9.17) is 36.0 Å². The van der Waals surface area contributed by atoms with Crippen molar-refractivity contribution in [1.29, 1.82) is 0 Å². The summed E-state index contributed by atoms with van der Waals surface area (Å²) in [7, 11) is 8.11. The largest absolute Gasteiger partial charge is 0.507 e. The summed E-state index contributed by atoms with van der Waals surface area (Å²) in [6.45, 7) is 3.83. The molecule has 7 aromatic rings. The second-order valence-corrected chi connectivity index (χ2v) is 17.1. The number of rotatable bonds is 14. The van der Waals surface area contributed by atoms with Crippen molar-refractivity contribution >= 4 is 57.0 Å². The number of benzene rings is 4. The number of phenols is 1. The molecule has 12 nitrogen and oxygen atoms in total. The first-order valence-electron chi connectivity index (χ1n) is 20.3. The van der Waals surface area contributed by atoms with Crippen LogP contribution in [0.25, 0.3) is 32.8 Å². The lowest BCUT2D eigenvalue weighted by Gasteiger charge is -2.35. The second kappa shape index (κ2) is 17.9. The van der Waals surface area contributed by atoms with Gasteiger partial charge in [-0.1, -0.05) is 29.8 Å². The van der Waals surface area contributed by atoms with Crippen LogP contribution in [0.5, 0.6) is 11.5 Å². The summed E-state index contributed by atoms with van der Waals surface area (Å²) in [4.78, 5) is 29.0. The average molecular weight is 879 g/mol. The van der Waals surface area contributed by atoms with Crippen LogP contribution >= 0.6 is 23.4 Å². The molecule has 62 heavy (non-hydrogen) atoms. The molecule has 0 spiro atoms. The maximum atomic E-state index is 14.1. The number of esters is 2. The van der Waals surface area contributed by atoms with Crippen LogP contribution in [-0.2, 0) is 60.2 Å². The highest BCUT2D eigenvalue weighted by Gasteiger charge is 2.35. The molecular formula is C47H48ClFN6O6S. The van der Waals surface area contributed by atoms with Gasteiger partial charge in [-0.15, -0.1) is 11.8 Å². The van der Waals surface area contributed by atoms with E-state index >= 15 is 0 Å². The second-order valence-electron chi connectivity index (χ2n) is 15.6. The van der Waals surface area contributed by atoms with Gasteiger partial charge in [-0.25, -0.2) is 9.18 Å². The fourth-order valence-corrected chi connectivity index (χ4v) is 10.1. The predicted molar refractivity (Wildman–Crippen MR) is 238 cm³/mol. The van der Waals surface area contributed by atoms with Crippen LogP contribution in [0.2, 0.25) is 5.02 Å². The van der Waals surface area contributed by atoms with Gasteiger partial charge < -0.3 is 23.9 Å². The monoisotopic (exact) mass is 878 g/mol. The van der Waals surface area contributed by atoms with E-state index in [1.165, 1.54) is 26.4 Å². The van der Waals surface area contributed by atoms with Crippen LogP contribution in [0.1, 0.15) is 69.7 Å². The molecule has 3 aromatic heterocycles. The zero-order chi connectivity index (χ0) is 43.8. The van der Waals surface area contributed by atoms with Crippen LogP contribution in [0.3, 0.4) is 0 Å². The summed E-state index contributed by atoms with van der Waals surface area (Å²) < 4.78 is 35.6. The Bertz CT molecular complexity index is 2830. The van der Waals surface area contributed by atoms with E-state index < -0.39 is 5.97 Å². The SMILES string of the molecule is COC(=O)CCc1c(C(=O)OC)n(C)c2c(-c3c(C)nn4c3[C@H](N(Cc3ccc(OC)cc3)Cc3cc(CSc5cc(O)c6ccc(F)cc6c5)n(C)n3)CCC4)c(Cl)ccc12. The molecule has 4 heterocycles. The van der Waals surface area contributed by atoms with Gasteiger partial charge in [0.25, 0.3) is 0 Å². The van der Waals surface area contributed by atoms with Crippen LogP contribution in [-0.4, -0.2) is 67.4 Å². The molecule has 1 N–H and O–H groups in total. The molecule has 0 saturated carbocycles. The van der Waals surface area contributed by atoms with Gasteiger partial charge in [0.1, 0.15) is 23.0 Å². The third-order valence-corrected chi connectivity index (χ3v) is 13.1. The van der Waals surface area contributed by atoms with Gasteiger partial charge in [-0.05, 0) is 97.3 Å². The zero-order valence-corrected chi connectivity index (χ0v) is 37.1. The number of hydrogen-bond donors (Lipinski definition) is 1. The van der Waals surface area contributed by atoms with Crippen LogP contribution in [0, 0.1) is 12.7 Å². The Hall–Kier alpha value is -5.83. The molecule has 0 unspecified atom stereocenters. The van der Waals surface area contributed by atoms with Crippen LogP contribution in [0.4, 0.5) is 4.39 Å². The average Bonchev–Trinajstić information content (AvgIpc) is 3.89. The van der Waals surface area contributed by atoms with Crippen molar-refractivity contribution < 1.29 is 33.3 Å². The minimum Gasteiger partial charge on any atom is -0.507 e. The van der Waals surface area contributed by atoms with Gasteiger partial charge in [-0.3, -0.25) is 19.1 Å². The van der Waals surface area contributed by atoms with Crippen molar-refractivity contribution in [2.75, 3.05) is 21.3 Å². The fraction of sp³-hybridized carbons (Fsp3) is 0.319. The molecule has 0 fully saturated rings. The Kier molecular flexibility index (Phi) is 12.4. The van der Waals surface area contributed by atoms with Gasteiger partial charge in [-0.2, -0.15) is 10.2 Å². The van der Waals surface area contributed by atoms with Gasteiger partial charge in [0.15, 0.2) is 0 Å². The Morgan fingerprint density at radius 1 is 0.952 bits per heavy atom. The van der Waals surface area contributed by atoms with Crippen LogP contribution < -0.4 is 4.74 Å². The van der Waals surface area contributed by atoms with E-state index in [0.717, 1.165) is 80.4 Å². The first kappa shape index (κ1) is 42.8. The molecule has 0 aliphatic carbocycles. The Morgan fingerprint density at radius 2 is 1.73 bits per heavy atom. The quantitative estimate of drug-likeness (QED) is 0.0835. The topological polar surface area (TPSA) is 126 Å². The molecule has 322 valence electrons. The van der Waals surface area contributed by atoms with E-state index in [2.05, 4.69) is 27.8 Å². The maximum absolute atomic E-state index is 14.1. The third-order valence-electron chi connectivity index (χ3n) is 11.8. The maximum Gasteiger partial charge on any atom is 0.354 e. The van der Waals surface area contributed by atoms with Crippen LogP contribution in [0.15, 0.2) is 77.7 Å². The number of aromatic hydroxyl groups is 1. The number of fused-ring (bicyclic) bond motifs is 3. The van der Waals surface area contributed by atoms with Crippen molar-refractivity contribution in [3.05, 3.63) is 123 Å². The van der Waals surface area contributed by atoms with E-state index in [1.54, 1.807) is 31.0 Å². The lowest BCUT2D eigenvalue weighted by Crippen LogP contribution is -2.33. The molecule has 1 aliphatic heterocycles. The molecule has 0 amide bonds. The number of phenolic OH excluding ortho intramolecular Hbond substituents is 1. The Balaban J connectivity index is 1.19. The summed E-state index contributed by atoms with van der Waals surface area (Å²) in [5.41, 5.74) is 8.25. The number of halogens is 2. The van der Waals surface area contributed by atoms with Gasteiger partial charge in [0.2, 0.25) is 0 Å². The van der Waals surface area contributed by atoms with Crippen molar-refractivity contribution in [3.63, 3.8) is 0 Å². The lowest BCUT2D eigenvalue weighted by molar-refractivity contribution is -0.140. The highest BCUT2D eigenvalue weighted by Crippen LogP contribution is 2.47. The molecule has 15 heteroatoms. The molecule has 0 saturated heterocycles.